The van der Waals surface area contributed by atoms with E-state index < -0.39 is 52.3 Å². The predicted octanol–water partition coefficient (Wildman–Crippen LogP) is 3.27. The SMILES string of the molecule is COCCOCCc1c(F)cnc(OOC(C)=O)c1Sc1cc(-n2c(=O)cc(C(F)(F)F)n(N)c2=O)c(F)cc1Cl. The molecule has 0 amide bonds. The topological polar surface area (TPSA) is 137 Å². The lowest BCUT2D eigenvalue weighted by atomic mass is 10.2. The summed E-state index contributed by atoms with van der Waals surface area (Å²) in [6.45, 7) is 1.47. The third-order valence-corrected chi connectivity index (χ3v) is 6.71. The van der Waals surface area contributed by atoms with E-state index in [4.69, 9.17) is 31.8 Å². The Balaban J connectivity index is 2.14. The molecule has 0 atom stereocenters. The van der Waals surface area contributed by atoms with Gasteiger partial charge in [-0.15, -0.1) is 0 Å². The number of alkyl halides is 3. The van der Waals surface area contributed by atoms with Crippen LogP contribution in [0.1, 0.15) is 18.2 Å². The number of nitrogen functional groups attached to an aromatic ring is 1. The second-order valence-electron chi connectivity index (χ2n) is 7.92. The summed E-state index contributed by atoms with van der Waals surface area (Å²) in [6.07, 6.45) is -4.44. The van der Waals surface area contributed by atoms with Crippen molar-refractivity contribution in [3.05, 3.63) is 73.1 Å². The number of nitrogens with two attached hydrogens (primary N) is 1. The fourth-order valence-electron chi connectivity index (χ4n) is 3.28. The summed E-state index contributed by atoms with van der Waals surface area (Å²) in [5.41, 5.74) is -5.87. The van der Waals surface area contributed by atoms with Gasteiger partial charge in [-0.3, -0.25) is 9.68 Å². The maximum Gasteiger partial charge on any atom is 0.433 e. The van der Waals surface area contributed by atoms with Crippen molar-refractivity contribution in [3.63, 3.8) is 0 Å². The van der Waals surface area contributed by atoms with Crippen LogP contribution in [0.2, 0.25) is 5.02 Å². The third kappa shape index (κ3) is 7.55. The lowest BCUT2D eigenvalue weighted by Gasteiger charge is -2.16. The van der Waals surface area contributed by atoms with Gasteiger partial charge in [-0.05, 0) is 12.1 Å². The van der Waals surface area contributed by atoms with Crippen LogP contribution in [-0.4, -0.2) is 47.1 Å². The van der Waals surface area contributed by atoms with E-state index in [1.165, 1.54) is 7.11 Å². The molecule has 2 aromatic heterocycles. The number of halogens is 6. The summed E-state index contributed by atoms with van der Waals surface area (Å²) in [6, 6.07) is 1.56. The molecule has 41 heavy (non-hydrogen) atoms. The second-order valence-corrected chi connectivity index (χ2v) is 9.38. The molecule has 11 nitrogen and oxygen atoms in total. The second kappa shape index (κ2) is 13.3. The molecule has 0 saturated carbocycles. The van der Waals surface area contributed by atoms with Gasteiger partial charge in [0.05, 0.1) is 41.6 Å². The zero-order chi connectivity index (χ0) is 30.5. The van der Waals surface area contributed by atoms with Crippen molar-refractivity contribution in [2.24, 2.45) is 0 Å². The first-order valence-corrected chi connectivity index (χ1v) is 12.4. The maximum absolute atomic E-state index is 14.9. The molecular weight excluding hydrogens is 607 g/mol. The highest BCUT2D eigenvalue weighted by Gasteiger charge is 2.36. The fraction of sp³-hybridized carbons (Fsp3) is 0.304. The van der Waals surface area contributed by atoms with Crippen LogP contribution in [0.5, 0.6) is 5.88 Å². The molecule has 0 aliphatic rings. The Morgan fingerprint density at radius 2 is 1.83 bits per heavy atom. The Labute approximate surface area is 236 Å². The first-order valence-electron chi connectivity index (χ1n) is 11.2. The van der Waals surface area contributed by atoms with Crippen molar-refractivity contribution in [2.45, 2.75) is 29.3 Å². The van der Waals surface area contributed by atoms with Gasteiger partial charge < -0.3 is 15.3 Å². The molecule has 2 N–H and O–H groups in total. The van der Waals surface area contributed by atoms with Crippen LogP contribution in [0.15, 0.2) is 43.8 Å². The van der Waals surface area contributed by atoms with Crippen LogP contribution < -0.4 is 22.0 Å². The zero-order valence-corrected chi connectivity index (χ0v) is 22.7. The van der Waals surface area contributed by atoms with Crippen molar-refractivity contribution in [1.29, 1.82) is 0 Å². The molecule has 0 saturated heterocycles. The van der Waals surface area contributed by atoms with E-state index in [2.05, 4.69) is 9.87 Å². The van der Waals surface area contributed by atoms with Crippen LogP contribution in [0.4, 0.5) is 22.0 Å². The number of hydrogen-bond acceptors (Lipinski definition) is 10. The minimum atomic E-state index is -5.15. The summed E-state index contributed by atoms with van der Waals surface area (Å²) < 4.78 is 79.3. The molecule has 0 unspecified atom stereocenters. The van der Waals surface area contributed by atoms with Crippen LogP contribution in [0, 0.1) is 11.6 Å². The Kier molecular flexibility index (Phi) is 10.4. The average molecular weight is 627 g/mol. The number of rotatable bonds is 11. The number of benzene rings is 1. The number of nitrogens with zero attached hydrogens (tertiary/aromatic N) is 3. The van der Waals surface area contributed by atoms with Gasteiger partial charge in [0.1, 0.15) is 11.6 Å². The summed E-state index contributed by atoms with van der Waals surface area (Å²) in [5, 5.41) is -0.311. The zero-order valence-electron chi connectivity index (χ0n) is 21.1. The first kappa shape index (κ1) is 31.9. The van der Waals surface area contributed by atoms with E-state index in [1.54, 1.807) is 0 Å². The van der Waals surface area contributed by atoms with Gasteiger partial charge >= 0.3 is 17.8 Å². The van der Waals surface area contributed by atoms with Crippen molar-refractivity contribution in [3.8, 4) is 11.6 Å². The van der Waals surface area contributed by atoms with Gasteiger partial charge in [0, 0.05) is 37.0 Å². The van der Waals surface area contributed by atoms with Gasteiger partial charge in [0.2, 0.25) is 0 Å². The van der Waals surface area contributed by atoms with Crippen LogP contribution >= 0.6 is 23.4 Å². The van der Waals surface area contributed by atoms with Gasteiger partial charge in [0.15, 0.2) is 5.69 Å². The minimum absolute atomic E-state index is 0.00967. The molecule has 0 aliphatic carbocycles. The summed E-state index contributed by atoms with van der Waals surface area (Å²) in [7, 11) is 1.46. The molecule has 0 fully saturated rings. The molecule has 0 bridgehead atoms. The molecule has 0 spiro atoms. The van der Waals surface area contributed by atoms with Gasteiger partial charge in [-0.2, -0.15) is 13.2 Å². The number of hydrogen-bond donors (Lipinski definition) is 1. The smallest absolute Gasteiger partial charge is 0.382 e. The Morgan fingerprint density at radius 1 is 1.12 bits per heavy atom. The molecule has 222 valence electrons. The van der Waals surface area contributed by atoms with E-state index in [1.807, 2.05) is 0 Å². The standard InChI is InChI=1S/C23H20ClF5N4O7S/c1-11(34)39-40-21-20(12(15(26)10-31-21)3-4-38-6-5-37-2)41-17-8-16(14(25)7-13(17)24)32-19(35)9-18(23(27,28)29)33(30)22(32)36/h7-10H,3-6,30H2,1-2H3. The van der Waals surface area contributed by atoms with E-state index in [0.29, 0.717) is 17.8 Å². The summed E-state index contributed by atoms with van der Waals surface area (Å²) in [4.78, 5) is 49.4. The Morgan fingerprint density at radius 3 is 2.46 bits per heavy atom. The van der Waals surface area contributed by atoms with E-state index in [-0.39, 0.29) is 61.9 Å². The van der Waals surface area contributed by atoms with Crippen LogP contribution in [0.25, 0.3) is 5.69 Å². The van der Waals surface area contributed by atoms with Gasteiger partial charge in [-0.25, -0.2) is 37.5 Å². The normalized spacial score (nSPS) is 11.5. The predicted molar refractivity (Wildman–Crippen MR) is 134 cm³/mol. The monoisotopic (exact) mass is 626 g/mol. The highest BCUT2D eigenvalue weighted by molar-refractivity contribution is 7.99. The Bertz CT molecular complexity index is 1570. The van der Waals surface area contributed by atoms with Crippen LogP contribution in [-0.2, 0) is 31.8 Å². The molecule has 18 heteroatoms. The molecule has 3 rings (SSSR count). The number of carbonyl (C=O) groups is 1. The molecule has 3 aromatic rings. The molecular formula is C23H20ClF5N4O7S. The highest BCUT2D eigenvalue weighted by atomic mass is 35.5. The molecule has 0 radical (unpaired) electrons. The minimum Gasteiger partial charge on any atom is -0.382 e. The fourth-order valence-corrected chi connectivity index (χ4v) is 4.59. The Hall–Kier alpha value is -3.67. The number of ether oxygens (including phenoxy) is 2. The largest absolute Gasteiger partial charge is 0.433 e. The first-order chi connectivity index (χ1) is 19.3. The molecule has 0 aliphatic heterocycles. The van der Waals surface area contributed by atoms with Crippen molar-refractivity contribution in [1.82, 2.24) is 14.2 Å². The quantitative estimate of drug-likeness (QED) is 0.111. The molecule has 2 heterocycles. The number of carbonyl (C=O) groups excluding carboxylic acids is 1. The highest BCUT2D eigenvalue weighted by Crippen LogP contribution is 2.42. The number of pyridine rings is 1. The van der Waals surface area contributed by atoms with E-state index in [9.17, 15) is 36.3 Å². The van der Waals surface area contributed by atoms with Gasteiger partial charge in [-0.1, -0.05) is 23.4 Å². The van der Waals surface area contributed by atoms with E-state index in [0.717, 1.165) is 19.2 Å². The van der Waals surface area contributed by atoms with Crippen molar-refractivity contribution >= 4 is 29.3 Å². The average Bonchev–Trinajstić information content (AvgIpc) is 2.88. The third-order valence-electron chi connectivity index (χ3n) is 5.10. The van der Waals surface area contributed by atoms with E-state index >= 15 is 0 Å². The summed E-state index contributed by atoms with van der Waals surface area (Å²) in [5.74, 6) is 1.87. The van der Waals surface area contributed by atoms with Gasteiger partial charge in [0.25, 0.3) is 11.4 Å². The lowest BCUT2D eigenvalue weighted by Crippen LogP contribution is -2.45. The van der Waals surface area contributed by atoms with Crippen molar-refractivity contribution < 1.29 is 46.0 Å². The number of methoxy groups -OCH3 is 1. The lowest BCUT2D eigenvalue weighted by molar-refractivity contribution is -0.213. The molecule has 1 aromatic carbocycles. The van der Waals surface area contributed by atoms with Crippen molar-refractivity contribution in [2.75, 3.05) is 32.8 Å². The maximum atomic E-state index is 14.9. The number of aromatic nitrogens is 3. The summed E-state index contributed by atoms with van der Waals surface area (Å²) >= 11 is 6.79. The van der Waals surface area contributed by atoms with Crippen LogP contribution in [0.3, 0.4) is 0 Å².